The van der Waals surface area contributed by atoms with Crippen LogP contribution in [0, 0.1) is 0 Å². The van der Waals surface area contributed by atoms with Crippen molar-refractivity contribution < 1.29 is 19.1 Å². The quantitative estimate of drug-likeness (QED) is 0.500. The van der Waals surface area contributed by atoms with Gasteiger partial charge in [-0.25, -0.2) is 14.3 Å². The Morgan fingerprint density at radius 1 is 0.931 bits per heavy atom. The lowest BCUT2D eigenvalue weighted by atomic mass is 10.1. The summed E-state index contributed by atoms with van der Waals surface area (Å²) in [5.74, 6) is -1.40. The summed E-state index contributed by atoms with van der Waals surface area (Å²) in [5.41, 5.74) is 1.41. The molecule has 0 aliphatic heterocycles. The number of carbonyl (C=O) groups excluding carboxylic acids is 2. The van der Waals surface area contributed by atoms with Crippen LogP contribution in [0.3, 0.4) is 0 Å². The number of ether oxygens (including phenoxy) is 2. The Hall–Kier alpha value is -2.83. The minimum atomic E-state index is -0.723. The Morgan fingerprint density at radius 3 is 2.10 bits per heavy atom. The average molecular weight is 433 g/mol. The molecule has 1 heterocycles. The monoisotopic (exact) mass is 432 g/mol. The SMILES string of the molecule is CCOC(=O)c1nn(-c2cc(Cl)cc(Cl)c2)c(-c2ccccc2)c1C(=O)OCC. The molecule has 0 bridgehead atoms. The first kappa shape index (κ1) is 20.9. The maximum absolute atomic E-state index is 12.8. The highest BCUT2D eigenvalue weighted by molar-refractivity contribution is 6.34. The topological polar surface area (TPSA) is 70.4 Å². The number of esters is 2. The lowest BCUT2D eigenvalue weighted by molar-refractivity contribution is 0.0476. The van der Waals surface area contributed by atoms with Crippen LogP contribution in [-0.2, 0) is 9.47 Å². The van der Waals surface area contributed by atoms with E-state index in [-0.39, 0.29) is 24.5 Å². The summed E-state index contributed by atoms with van der Waals surface area (Å²) in [6, 6.07) is 13.9. The molecule has 0 unspecified atom stereocenters. The zero-order chi connectivity index (χ0) is 21.0. The lowest BCUT2D eigenvalue weighted by Gasteiger charge is -2.10. The van der Waals surface area contributed by atoms with Gasteiger partial charge in [0, 0.05) is 15.6 Å². The van der Waals surface area contributed by atoms with Gasteiger partial charge in [-0.3, -0.25) is 0 Å². The van der Waals surface area contributed by atoms with Gasteiger partial charge in [-0.1, -0.05) is 53.5 Å². The van der Waals surface area contributed by atoms with Crippen LogP contribution in [0.2, 0.25) is 10.0 Å². The van der Waals surface area contributed by atoms with Gasteiger partial charge in [-0.2, -0.15) is 5.10 Å². The van der Waals surface area contributed by atoms with Crippen molar-refractivity contribution in [3.8, 4) is 16.9 Å². The molecule has 0 saturated heterocycles. The van der Waals surface area contributed by atoms with Crippen molar-refractivity contribution in [2.45, 2.75) is 13.8 Å². The Kier molecular flexibility index (Phi) is 6.56. The summed E-state index contributed by atoms with van der Waals surface area (Å²) in [6.07, 6.45) is 0. The number of benzene rings is 2. The number of nitrogens with zero attached hydrogens (tertiary/aromatic N) is 2. The van der Waals surface area contributed by atoms with Crippen LogP contribution in [0.15, 0.2) is 48.5 Å². The number of hydrogen-bond acceptors (Lipinski definition) is 5. The van der Waals surface area contributed by atoms with Crippen molar-refractivity contribution in [3.63, 3.8) is 0 Å². The molecule has 0 aliphatic rings. The van der Waals surface area contributed by atoms with Crippen molar-refractivity contribution >= 4 is 35.1 Å². The first-order valence-electron chi connectivity index (χ1n) is 8.95. The van der Waals surface area contributed by atoms with Crippen LogP contribution in [0.4, 0.5) is 0 Å². The molecule has 3 rings (SSSR count). The van der Waals surface area contributed by atoms with Crippen LogP contribution >= 0.6 is 23.2 Å². The van der Waals surface area contributed by atoms with E-state index in [4.69, 9.17) is 32.7 Å². The van der Waals surface area contributed by atoms with E-state index in [0.29, 0.717) is 27.0 Å². The first-order chi connectivity index (χ1) is 14.0. The fraction of sp³-hybridized carbons (Fsp3) is 0.190. The highest BCUT2D eigenvalue weighted by Gasteiger charge is 2.31. The molecule has 0 radical (unpaired) electrons. The molecule has 6 nitrogen and oxygen atoms in total. The summed E-state index contributed by atoms with van der Waals surface area (Å²) in [6.45, 7) is 3.64. The highest BCUT2D eigenvalue weighted by Crippen LogP contribution is 2.32. The Morgan fingerprint density at radius 2 is 1.52 bits per heavy atom. The van der Waals surface area contributed by atoms with Gasteiger partial charge in [-0.05, 0) is 32.0 Å². The third-order valence-electron chi connectivity index (χ3n) is 3.97. The van der Waals surface area contributed by atoms with Crippen molar-refractivity contribution in [3.05, 3.63) is 69.8 Å². The van der Waals surface area contributed by atoms with Gasteiger partial charge < -0.3 is 9.47 Å². The summed E-state index contributed by atoms with van der Waals surface area (Å²) < 4.78 is 11.8. The Labute approximate surface area is 177 Å². The fourth-order valence-electron chi connectivity index (χ4n) is 2.87. The molecule has 29 heavy (non-hydrogen) atoms. The van der Waals surface area contributed by atoms with Gasteiger partial charge in [0.25, 0.3) is 0 Å². The molecular formula is C21H18Cl2N2O4. The molecule has 0 saturated carbocycles. The summed E-state index contributed by atoms with van der Waals surface area (Å²) in [5, 5.41) is 5.16. The van der Waals surface area contributed by atoms with E-state index in [2.05, 4.69) is 5.10 Å². The molecular weight excluding hydrogens is 415 g/mol. The molecule has 8 heteroatoms. The number of aromatic nitrogens is 2. The minimum Gasteiger partial charge on any atom is -0.462 e. The van der Waals surface area contributed by atoms with Crippen LogP contribution in [-0.4, -0.2) is 34.9 Å². The normalized spacial score (nSPS) is 10.6. The molecule has 0 fully saturated rings. The Bertz CT molecular complexity index is 1030. The second kappa shape index (κ2) is 9.11. The smallest absolute Gasteiger partial charge is 0.359 e. The molecule has 0 N–H and O–H groups in total. The van der Waals surface area contributed by atoms with E-state index in [9.17, 15) is 9.59 Å². The zero-order valence-corrected chi connectivity index (χ0v) is 17.3. The maximum atomic E-state index is 12.8. The number of carbonyl (C=O) groups is 2. The van der Waals surface area contributed by atoms with E-state index in [1.807, 2.05) is 18.2 Å². The van der Waals surface area contributed by atoms with Crippen molar-refractivity contribution in [2.24, 2.45) is 0 Å². The third kappa shape index (κ3) is 4.44. The van der Waals surface area contributed by atoms with Crippen LogP contribution in [0.5, 0.6) is 0 Å². The van der Waals surface area contributed by atoms with Gasteiger partial charge in [0.2, 0.25) is 0 Å². The predicted octanol–water partition coefficient (Wildman–Crippen LogP) is 5.20. The number of hydrogen-bond donors (Lipinski definition) is 0. The average Bonchev–Trinajstić information content (AvgIpc) is 3.09. The number of rotatable bonds is 6. The molecule has 150 valence electrons. The minimum absolute atomic E-state index is 0.0209. The number of halogens is 2. The van der Waals surface area contributed by atoms with Gasteiger partial charge >= 0.3 is 11.9 Å². The van der Waals surface area contributed by atoms with Crippen molar-refractivity contribution in [1.29, 1.82) is 0 Å². The summed E-state index contributed by atoms with van der Waals surface area (Å²) in [7, 11) is 0. The predicted molar refractivity (Wildman–Crippen MR) is 111 cm³/mol. The van der Waals surface area contributed by atoms with E-state index in [1.54, 1.807) is 44.2 Å². The van der Waals surface area contributed by atoms with Crippen molar-refractivity contribution in [1.82, 2.24) is 9.78 Å². The van der Waals surface area contributed by atoms with E-state index < -0.39 is 11.9 Å². The molecule has 0 spiro atoms. The molecule has 1 aromatic heterocycles. The van der Waals surface area contributed by atoms with E-state index in [0.717, 1.165) is 0 Å². The Balaban J connectivity index is 2.36. The maximum Gasteiger partial charge on any atom is 0.359 e. The van der Waals surface area contributed by atoms with Crippen molar-refractivity contribution in [2.75, 3.05) is 13.2 Å². The zero-order valence-electron chi connectivity index (χ0n) is 15.8. The summed E-state index contributed by atoms with van der Waals surface area (Å²) >= 11 is 12.3. The second-order valence-corrected chi connectivity index (χ2v) is 6.79. The van der Waals surface area contributed by atoms with Crippen LogP contribution in [0.1, 0.15) is 34.7 Å². The highest BCUT2D eigenvalue weighted by atomic mass is 35.5. The largest absolute Gasteiger partial charge is 0.462 e. The fourth-order valence-corrected chi connectivity index (χ4v) is 3.38. The van der Waals surface area contributed by atoms with Gasteiger partial charge in [-0.15, -0.1) is 0 Å². The van der Waals surface area contributed by atoms with Gasteiger partial charge in [0.1, 0.15) is 5.56 Å². The van der Waals surface area contributed by atoms with Crippen LogP contribution < -0.4 is 0 Å². The second-order valence-electron chi connectivity index (χ2n) is 5.92. The van der Waals surface area contributed by atoms with Gasteiger partial charge in [0.15, 0.2) is 5.69 Å². The molecule has 0 amide bonds. The standard InChI is InChI=1S/C21H18Cl2N2O4/c1-3-28-20(26)17-18(21(27)29-4-2)24-25(16-11-14(22)10-15(23)12-16)19(17)13-8-6-5-7-9-13/h5-12H,3-4H2,1-2H3. The molecule has 3 aromatic rings. The third-order valence-corrected chi connectivity index (χ3v) is 4.41. The van der Waals surface area contributed by atoms with E-state index in [1.165, 1.54) is 4.68 Å². The molecule has 0 aliphatic carbocycles. The van der Waals surface area contributed by atoms with Gasteiger partial charge in [0.05, 0.1) is 24.6 Å². The lowest BCUT2D eigenvalue weighted by Crippen LogP contribution is -2.13. The molecule has 2 aromatic carbocycles. The first-order valence-corrected chi connectivity index (χ1v) is 9.71. The summed E-state index contributed by atoms with van der Waals surface area (Å²) in [4.78, 5) is 25.4. The molecule has 0 atom stereocenters. The van der Waals surface area contributed by atoms with Crippen LogP contribution in [0.25, 0.3) is 16.9 Å². The van der Waals surface area contributed by atoms with E-state index >= 15 is 0 Å².